The number of fused-ring (bicyclic) bond motifs is 1. The highest BCUT2D eigenvalue weighted by Crippen LogP contribution is 2.32. The molecule has 0 aliphatic carbocycles. The largest absolute Gasteiger partial charge is 0.396 e. The number of carbonyl (C=O) groups is 1. The Hall–Kier alpha value is -1.33. The summed E-state index contributed by atoms with van der Waals surface area (Å²) in [7, 11) is 0. The fraction of sp³-hybridized carbons (Fsp3) is 0.214. The third kappa shape index (κ3) is 2.40. The van der Waals surface area contributed by atoms with Crippen LogP contribution in [-0.2, 0) is 12.2 Å². The zero-order chi connectivity index (χ0) is 13.4. The zero-order valence-corrected chi connectivity index (χ0v) is 11.7. The van der Waals surface area contributed by atoms with Crippen LogP contribution in [0.4, 0.5) is 10.1 Å². The molecule has 0 bridgehead atoms. The summed E-state index contributed by atoms with van der Waals surface area (Å²) >= 11 is 3.41. The van der Waals surface area contributed by atoms with Gasteiger partial charge in [0.1, 0.15) is 5.82 Å². The fourth-order valence-corrected chi connectivity index (χ4v) is 4.40. The van der Waals surface area contributed by atoms with Crippen LogP contribution in [0.25, 0.3) is 0 Å². The van der Waals surface area contributed by atoms with E-state index >= 15 is 0 Å². The standard InChI is InChI=1S/C14H12FNOS2/c15-10-5-8(1-2-11(10)16)14(17)13-6-9-7-18-4-3-12(9)19-13/h1-2,5-6H,3-4,7,16H2. The lowest BCUT2D eigenvalue weighted by Crippen LogP contribution is -2.01. The average molecular weight is 293 g/mol. The molecule has 5 heteroatoms. The molecule has 19 heavy (non-hydrogen) atoms. The summed E-state index contributed by atoms with van der Waals surface area (Å²) in [5, 5.41) is 0. The summed E-state index contributed by atoms with van der Waals surface area (Å²) in [6, 6.07) is 6.17. The lowest BCUT2D eigenvalue weighted by molar-refractivity contribution is 0.104. The maximum atomic E-state index is 13.4. The molecule has 2 aromatic rings. The van der Waals surface area contributed by atoms with E-state index < -0.39 is 5.82 Å². The molecule has 0 atom stereocenters. The molecule has 1 aliphatic heterocycles. The monoisotopic (exact) mass is 293 g/mol. The van der Waals surface area contributed by atoms with Crippen molar-refractivity contribution in [2.45, 2.75) is 12.2 Å². The second kappa shape index (κ2) is 4.98. The molecule has 0 spiro atoms. The van der Waals surface area contributed by atoms with Gasteiger partial charge in [-0.05, 0) is 42.0 Å². The van der Waals surface area contributed by atoms with E-state index in [9.17, 15) is 9.18 Å². The first-order chi connectivity index (χ1) is 9.15. The third-order valence-corrected chi connectivity index (χ3v) is 5.36. The van der Waals surface area contributed by atoms with Crippen LogP contribution in [0.15, 0.2) is 24.3 Å². The quantitative estimate of drug-likeness (QED) is 0.681. The van der Waals surface area contributed by atoms with Gasteiger partial charge in [-0.15, -0.1) is 11.3 Å². The molecular formula is C14H12FNOS2. The number of hydrogen-bond acceptors (Lipinski definition) is 4. The van der Waals surface area contributed by atoms with Crippen molar-refractivity contribution < 1.29 is 9.18 Å². The number of anilines is 1. The maximum Gasteiger partial charge on any atom is 0.203 e. The van der Waals surface area contributed by atoms with Crippen LogP contribution >= 0.6 is 23.1 Å². The number of aryl methyl sites for hydroxylation is 1. The van der Waals surface area contributed by atoms with Crippen molar-refractivity contribution in [3.63, 3.8) is 0 Å². The lowest BCUT2D eigenvalue weighted by atomic mass is 10.1. The van der Waals surface area contributed by atoms with Crippen molar-refractivity contribution in [2.24, 2.45) is 0 Å². The number of ketones is 1. The summed E-state index contributed by atoms with van der Waals surface area (Å²) in [4.78, 5) is 14.3. The molecule has 98 valence electrons. The predicted molar refractivity (Wildman–Crippen MR) is 78.4 cm³/mol. The second-order valence-electron chi connectivity index (χ2n) is 4.43. The first-order valence-corrected chi connectivity index (χ1v) is 7.91. The molecule has 2 heterocycles. The van der Waals surface area contributed by atoms with Gasteiger partial charge < -0.3 is 5.73 Å². The number of thiophene rings is 1. The number of rotatable bonds is 2. The topological polar surface area (TPSA) is 43.1 Å². The molecule has 0 unspecified atom stereocenters. The molecule has 0 fully saturated rings. The normalized spacial score (nSPS) is 14.2. The molecule has 2 nitrogen and oxygen atoms in total. The van der Waals surface area contributed by atoms with Gasteiger partial charge in [-0.2, -0.15) is 11.8 Å². The van der Waals surface area contributed by atoms with Gasteiger partial charge in [0, 0.05) is 16.2 Å². The number of benzene rings is 1. The zero-order valence-electron chi connectivity index (χ0n) is 10.1. The SMILES string of the molecule is Nc1ccc(C(=O)c2cc3c(s2)CCSC3)cc1F. The lowest BCUT2D eigenvalue weighted by Gasteiger charge is -2.08. The van der Waals surface area contributed by atoms with Crippen molar-refractivity contribution >= 4 is 34.6 Å². The number of halogens is 1. The Balaban J connectivity index is 1.95. The predicted octanol–water partition coefficient (Wildman–Crippen LogP) is 3.49. The number of nitrogen functional groups attached to an aromatic ring is 1. The molecule has 0 radical (unpaired) electrons. The highest BCUT2D eigenvalue weighted by Gasteiger charge is 2.19. The molecule has 0 saturated carbocycles. The molecule has 1 aromatic carbocycles. The molecule has 3 rings (SSSR count). The second-order valence-corrected chi connectivity index (χ2v) is 6.67. The Morgan fingerprint density at radius 1 is 1.32 bits per heavy atom. The van der Waals surface area contributed by atoms with Crippen molar-refractivity contribution in [3.8, 4) is 0 Å². The highest BCUT2D eigenvalue weighted by atomic mass is 32.2. The third-order valence-electron chi connectivity index (χ3n) is 3.11. The van der Waals surface area contributed by atoms with E-state index in [2.05, 4.69) is 0 Å². The summed E-state index contributed by atoms with van der Waals surface area (Å²) in [5.74, 6) is 1.42. The first-order valence-electron chi connectivity index (χ1n) is 5.94. The maximum absolute atomic E-state index is 13.4. The highest BCUT2D eigenvalue weighted by molar-refractivity contribution is 7.98. The molecule has 0 amide bonds. The van der Waals surface area contributed by atoms with E-state index in [-0.39, 0.29) is 11.5 Å². The van der Waals surface area contributed by atoms with E-state index in [1.807, 2.05) is 17.8 Å². The fourth-order valence-electron chi connectivity index (χ4n) is 2.07. The first kappa shape index (κ1) is 12.7. The minimum Gasteiger partial charge on any atom is -0.396 e. The molecular weight excluding hydrogens is 281 g/mol. The van der Waals surface area contributed by atoms with E-state index in [1.54, 1.807) is 6.07 Å². The Bertz CT molecular complexity index is 627. The van der Waals surface area contributed by atoms with Gasteiger partial charge in [0.15, 0.2) is 0 Å². The number of hydrogen-bond donors (Lipinski definition) is 1. The summed E-state index contributed by atoms with van der Waals surface area (Å²) in [6.45, 7) is 0. The van der Waals surface area contributed by atoms with Crippen LogP contribution in [-0.4, -0.2) is 11.5 Å². The Morgan fingerprint density at radius 3 is 2.89 bits per heavy atom. The summed E-state index contributed by atoms with van der Waals surface area (Å²) in [5.41, 5.74) is 7.10. The van der Waals surface area contributed by atoms with Crippen LogP contribution in [0.2, 0.25) is 0 Å². The van der Waals surface area contributed by atoms with E-state index in [1.165, 1.54) is 33.9 Å². The van der Waals surface area contributed by atoms with E-state index in [0.29, 0.717) is 10.4 Å². The number of nitrogens with two attached hydrogens (primary N) is 1. The molecule has 0 saturated heterocycles. The minimum absolute atomic E-state index is 0.0680. The number of carbonyl (C=O) groups excluding carboxylic acids is 1. The van der Waals surface area contributed by atoms with Gasteiger partial charge >= 0.3 is 0 Å². The van der Waals surface area contributed by atoms with Gasteiger partial charge in [-0.1, -0.05) is 0 Å². The summed E-state index contributed by atoms with van der Waals surface area (Å²) < 4.78 is 13.4. The van der Waals surface area contributed by atoms with Gasteiger partial charge in [-0.3, -0.25) is 4.79 Å². The van der Waals surface area contributed by atoms with Gasteiger partial charge in [-0.25, -0.2) is 4.39 Å². The van der Waals surface area contributed by atoms with Gasteiger partial charge in [0.25, 0.3) is 0 Å². The van der Waals surface area contributed by atoms with Crippen LogP contribution in [0, 0.1) is 5.82 Å². The molecule has 1 aromatic heterocycles. The van der Waals surface area contributed by atoms with Crippen molar-refractivity contribution in [2.75, 3.05) is 11.5 Å². The minimum atomic E-state index is -0.539. The molecule has 2 N–H and O–H groups in total. The Labute approximate surface area is 118 Å². The van der Waals surface area contributed by atoms with Crippen LogP contribution < -0.4 is 5.73 Å². The van der Waals surface area contributed by atoms with E-state index in [4.69, 9.17) is 5.73 Å². The van der Waals surface area contributed by atoms with Crippen LogP contribution in [0.3, 0.4) is 0 Å². The van der Waals surface area contributed by atoms with Crippen molar-refractivity contribution in [1.82, 2.24) is 0 Å². The number of thioether (sulfide) groups is 1. The van der Waals surface area contributed by atoms with Crippen molar-refractivity contribution in [1.29, 1.82) is 0 Å². The Kier molecular flexibility index (Phi) is 3.33. The van der Waals surface area contributed by atoms with Crippen LogP contribution in [0.5, 0.6) is 0 Å². The summed E-state index contributed by atoms with van der Waals surface area (Å²) in [6.07, 6.45) is 1.02. The smallest absolute Gasteiger partial charge is 0.203 e. The van der Waals surface area contributed by atoms with Gasteiger partial charge in [0.05, 0.1) is 10.6 Å². The van der Waals surface area contributed by atoms with Crippen molar-refractivity contribution in [3.05, 3.63) is 51.0 Å². The van der Waals surface area contributed by atoms with Crippen LogP contribution in [0.1, 0.15) is 25.7 Å². The average Bonchev–Trinajstić information content (AvgIpc) is 2.85. The molecule has 1 aliphatic rings. The Morgan fingerprint density at radius 2 is 2.16 bits per heavy atom. The van der Waals surface area contributed by atoms with E-state index in [0.717, 1.165) is 17.9 Å². The van der Waals surface area contributed by atoms with Gasteiger partial charge in [0.2, 0.25) is 5.78 Å².